The fourth-order valence-corrected chi connectivity index (χ4v) is 4.58. The van der Waals surface area contributed by atoms with E-state index in [1.807, 2.05) is 6.07 Å². The summed E-state index contributed by atoms with van der Waals surface area (Å²) >= 11 is 3.62. The molecule has 1 aromatic rings. The number of hydrogen-bond acceptors (Lipinski definition) is 1. The minimum absolute atomic E-state index is 0.0941. The Hall–Kier alpha value is -0.830. The van der Waals surface area contributed by atoms with Crippen LogP contribution in [0.5, 0.6) is 0 Å². The summed E-state index contributed by atoms with van der Waals surface area (Å²) in [5.41, 5.74) is 2.55. The van der Waals surface area contributed by atoms with Gasteiger partial charge in [0, 0.05) is 9.89 Å². The number of aliphatic carboxylic acids is 1. The topological polar surface area (TPSA) is 37.3 Å². The van der Waals surface area contributed by atoms with Crippen LogP contribution < -0.4 is 0 Å². The molecule has 0 saturated heterocycles. The Morgan fingerprint density at radius 1 is 1.33 bits per heavy atom. The number of benzene rings is 1. The van der Waals surface area contributed by atoms with Crippen molar-refractivity contribution >= 4 is 21.9 Å². The Balaban J connectivity index is 2.17. The smallest absolute Gasteiger partial charge is 0.307 e. The van der Waals surface area contributed by atoms with Crippen LogP contribution in [-0.4, -0.2) is 11.1 Å². The van der Waals surface area contributed by atoms with Crippen LogP contribution in [0.2, 0.25) is 0 Å². The number of carboxylic acid groups (broad SMARTS) is 1. The third-order valence-electron chi connectivity index (χ3n) is 4.80. The first-order valence-corrected chi connectivity index (χ1v) is 7.45. The molecule has 1 fully saturated rings. The van der Waals surface area contributed by atoms with Crippen LogP contribution in [0.3, 0.4) is 0 Å². The van der Waals surface area contributed by atoms with Gasteiger partial charge in [0.05, 0.1) is 5.92 Å². The second-order valence-electron chi connectivity index (χ2n) is 5.56. The highest BCUT2D eigenvalue weighted by Crippen LogP contribution is 2.53. The molecule has 0 amide bonds. The average Bonchev–Trinajstić information content (AvgIpc) is 2.80. The number of fused-ring (bicyclic) bond motifs is 2. The van der Waals surface area contributed by atoms with Gasteiger partial charge in [0.15, 0.2) is 0 Å². The standard InChI is InChI=1S/C15H17BrO2/c16-13-5-3-4-11-10(13)6-7-12(14(17)18)15(11)8-1-2-9-15/h3-5,12H,1-2,6-9H2,(H,17,18). The first-order chi connectivity index (χ1) is 8.65. The number of carboxylic acids is 1. The van der Waals surface area contributed by atoms with E-state index in [9.17, 15) is 9.90 Å². The summed E-state index contributed by atoms with van der Waals surface area (Å²) < 4.78 is 1.15. The van der Waals surface area contributed by atoms with Crippen LogP contribution in [0, 0.1) is 5.92 Å². The van der Waals surface area contributed by atoms with Gasteiger partial charge in [0.1, 0.15) is 0 Å². The molecule has 1 unspecified atom stereocenters. The van der Waals surface area contributed by atoms with Crippen molar-refractivity contribution in [3.05, 3.63) is 33.8 Å². The maximum absolute atomic E-state index is 11.6. The summed E-state index contributed by atoms with van der Waals surface area (Å²) in [6, 6.07) is 6.27. The van der Waals surface area contributed by atoms with E-state index in [0.717, 1.165) is 43.0 Å². The lowest BCUT2D eigenvalue weighted by atomic mass is 9.62. The van der Waals surface area contributed by atoms with Gasteiger partial charge in [-0.25, -0.2) is 0 Å². The van der Waals surface area contributed by atoms with E-state index >= 15 is 0 Å². The second-order valence-corrected chi connectivity index (χ2v) is 6.41. The van der Waals surface area contributed by atoms with Gasteiger partial charge < -0.3 is 5.11 Å². The van der Waals surface area contributed by atoms with Crippen molar-refractivity contribution < 1.29 is 9.90 Å². The van der Waals surface area contributed by atoms with Gasteiger partial charge in [-0.1, -0.05) is 40.9 Å². The molecule has 96 valence electrons. The lowest BCUT2D eigenvalue weighted by molar-refractivity contribution is -0.145. The molecule has 1 saturated carbocycles. The van der Waals surface area contributed by atoms with Crippen LogP contribution in [0.4, 0.5) is 0 Å². The average molecular weight is 309 g/mol. The summed E-state index contributed by atoms with van der Waals surface area (Å²) in [5.74, 6) is -0.802. The van der Waals surface area contributed by atoms with E-state index in [4.69, 9.17) is 0 Å². The summed E-state index contributed by atoms with van der Waals surface area (Å²) in [7, 11) is 0. The van der Waals surface area contributed by atoms with Gasteiger partial charge in [-0.3, -0.25) is 4.79 Å². The van der Waals surface area contributed by atoms with Gasteiger partial charge in [-0.2, -0.15) is 0 Å². The van der Waals surface area contributed by atoms with E-state index in [1.54, 1.807) is 0 Å². The molecule has 2 aliphatic carbocycles. The van der Waals surface area contributed by atoms with Crippen molar-refractivity contribution in [2.75, 3.05) is 0 Å². The third kappa shape index (κ3) is 1.63. The monoisotopic (exact) mass is 308 g/mol. The van der Waals surface area contributed by atoms with E-state index in [0.29, 0.717) is 0 Å². The molecular formula is C15H17BrO2. The zero-order chi connectivity index (χ0) is 12.8. The fraction of sp³-hybridized carbons (Fsp3) is 0.533. The van der Waals surface area contributed by atoms with Gasteiger partial charge in [0.2, 0.25) is 0 Å². The number of hydrogen-bond donors (Lipinski definition) is 1. The molecule has 3 heteroatoms. The molecule has 0 radical (unpaired) electrons. The molecule has 0 aromatic heterocycles. The zero-order valence-corrected chi connectivity index (χ0v) is 11.9. The Morgan fingerprint density at radius 3 is 2.72 bits per heavy atom. The van der Waals surface area contributed by atoms with E-state index in [-0.39, 0.29) is 11.3 Å². The number of carbonyl (C=O) groups is 1. The summed E-state index contributed by atoms with van der Waals surface area (Å²) in [6.07, 6.45) is 6.06. The maximum atomic E-state index is 11.6. The van der Waals surface area contributed by atoms with Crippen molar-refractivity contribution in [2.45, 2.75) is 43.9 Å². The molecule has 0 aliphatic heterocycles. The van der Waals surface area contributed by atoms with E-state index < -0.39 is 5.97 Å². The highest BCUT2D eigenvalue weighted by Gasteiger charge is 2.49. The van der Waals surface area contributed by atoms with Gasteiger partial charge in [-0.15, -0.1) is 0 Å². The van der Waals surface area contributed by atoms with Gasteiger partial charge in [-0.05, 0) is 42.9 Å². The summed E-state index contributed by atoms with van der Waals surface area (Å²) in [4.78, 5) is 11.6. The molecule has 1 spiro atoms. The molecule has 0 bridgehead atoms. The Morgan fingerprint density at radius 2 is 2.06 bits per heavy atom. The molecule has 2 nitrogen and oxygen atoms in total. The van der Waals surface area contributed by atoms with Crippen molar-refractivity contribution in [3.63, 3.8) is 0 Å². The molecule has 3 rings (SSSR count). The zero-order valence-electron chi connectivity index (χ0n) is 10.3. The first-order valence-electron chi connectivity index (χ1n) is 6.66. The minimum atomic E-state index is -0.609. The molecule has 18 heavy (non-hydrogen) atoms. The molecule has 2 aliphatic rings. The largest absolute Gasteiger partial charge is 0.481 e. The number of rotatable bonds is 1. The predicted molar refractivity (Wildman–Crippen MR) is 73.7 cm³/mol. The van der Waals surface area contributed by atoms with Crippen molar-refractivity contribution in [3.8, 4) is 0 Å². The lowest BCUT2D eigenvalue weighted by Crippen LogP contribution is -2.41. The quantitative estimate of drug-likeness (QED) is 0.854. The summed E-state index contributed by atoms with van der Waals surface area (Å²) in [5, 5.41) is 9.55. The fourth-order valence-electron chi connectivity index (χ4n) is 4.02. The maximum Gasteiger partial charge on any atom is 0.307 e. The molecule has 0 heterocycles. The minimum Gasteiger partial charge on any atom is -0.481 e. The molecule has 1 atom stereocenters. The molecular weight excluding hydrogens is 292 g/mol. The third-order valence-corrected chi connectivity index (χ3v) is 5.54. The van der Waals surface area contributed by atoms with Crippen molar-refractivity contribution in [1.82, 2.24) is 0 Å². The van der Waals surface area contributed by atoms with Crippen LogP contribution in [0.25, 0.3) is 0 Å². The SMILES string of the molecule is O=C(O)C1CCc2c(Br)cccc2C12CCCC2. The van der Waals surface area contributed by atoms with Crippen LogP contribution >= 0.6 is 15.9 Å². The van der Waals surface area contributed by atoms with Gasteiger partial charge >= 0.3 is 5.97 Å². The highest BCUT2D eigenvalue weighted by molar-refractivity contribution is 9.10. The lowest BCUT2D eigenvalue weighted by Gasteiger charge is -2.41. The first kappa shape index (κ1) is 12.2. The van der Waals surface area contributed by atoms with Crippen molar-refractivity contribution in [2.24, 2.45) is 5.92 Å². The van der Waals surface area contributed by atoms with Crippen LogP contribution in [0.1, 0.15) is 43.2 Å². The van der Waals surface area contributed by atoms with Crippen LogP contribution in [-0.2, 0) is 16.6 Å². The highest BCUT2D eigenvalue weighted by atomic mass is 79.9. The Bertz CT molecular complexity index is 489. The van der Waals surface area contributed by atoms with Crippen molar-refractivity contribution in [1.29, 1.82) is 0 Å². The van der Waals surface area contributed by atoms with Gasteiger partial charge in [0.25, 0.3) is 0 Å². The van der Waals surface area contributed by atoms with E-state index in [1.165, 1.54) is 11.1 Å². The van der Waals surface area contributed by atoms with E-state index in [2.05, 4.69) is 28.1 Å². The second kappa shape index (κ2) is 4.37. The molecule has 1 aromatic carbocycles. The van der Waals surface area contributed by atoms with Crippen LogP contribution in [0.15, 0.2) is 22.7 Å². The predicted octanol–water partition coefficient (Wildman–Crippen LogP) is 3.91. The normalized spacial score (nSPS) is 25.1. The summed E-state index contributed by atoms with van der Waals surface area (Å²) in [6.45, 7) is 0. The number of halogens is 1. The Labute approximate surface area is 116 Å². The Kier molecular flexibility index (Phi) is 2.97. The molecule has 1 N–H and O–H groups in total.